The fourth-order valence-electron chi connectivity index (χ4n) is 2.21. The van der Waals surface area contributed by atoms with Crippen LogP contribution in [0.5, 0.6) is 5.88 Å². The van der Waals surface area contributed by atoms with Crippen LogP contribution in [0.1, 0.15) is 33.1 Å². The van der Waals surface area contributed by atoms with Crippen molar-refractivity contribution in [1.29, 1.82) is 0 Å². The number of aromatic nitrogens is 1. The van der Waals surface area contributed by atoms with Gasteiger partial charge in [0.15, 0.2) is 0 Å². The second kappa shape index (κ2) is 6.10. The molecule has 0 saturated heterocycles. The van der Waals surface area contributed by atoms with E-state index in [1.807, 2.05) is 26.0 Å². The molecule has 19 heavy (non-hydrogen) atoms. The first-order valence-corrected chi connectivity index (χ1v) is 6.92. The maximum absolute atomic E-state index is 9.21. The lowest BCUT2D eigenvalue weighted by Crippen LogP contribution is -2.42. The standard InChI is InChI=1S/C14H23N3O2/c1-10(2)19-14-12(15)6-7-13(16-14)17(8-9-18)11-4-3-5-11/h6-7,10-11,18H,3-5,8-9,15H2,1-2H3. The first-order chi connectivity index (χ1) is 9.11. The fraction of sp³-hybridized carbons (Fsp3) is 0.643. The highest BCUT2D eigenvalue weighted by Gasteiger charge is 2.26. The summed E-state index contributed by atoms with van der Waals surface area (Å²) in [7, 11) is 0. The molecule has 1 aromatic rings. The van der Waals surface area contributed by atoms with Gasteiger partial charge in [-0.3, -0.25) is 0 Å². The quantitative estimate of drug-likeness (QED) is 0.820. The summed E-state index contributed by atoms with van der Waals surface area (Å²) in [5, 5.41) is 9.21. The summed E-state index contributed by atoms with van der Waals surface area (Å²) in [5.74, 6) is 1.32. The van der Waals surface area contributed by atoms with Crippen molar-refractivity contribution in [3.05, 3.63) is 12.1 Å². The molecule has 0 radical (unpaired) electrons. The average Bonchev–Trinajstić information content (AvgIpc) is 2.28. The minimum absolute atomic E-state index is 0.0417. The number of aliphatic hydroxyl groups is 1. The molecule has 1 saturated carbocycles. The highest BCUT2D eigenvalue weighted by molar-refractivity contribution is 5.55. The van der Waals surface area contributed by atoms with Gasteiger partial charge >= 0.3 is 0 Å². The predicted molar refractivity (Wildman–Crippen MR) is 76.5 cm³/mol. The number of rotatable bonds is 6. The van der Waals surface area contributed by atoms with E-state index >= 15 is 0 Å². The van der Waals surface area contributed by atoms with Crippen LogP contribution in [0.3, 0.4) is 0 Å². The largest absolute Gasteiger partial charge is 0.473 e. The Morgan fingerprint density at radius 3 is 2.74 bits per heavy atom. The van der Waals surface area contributed by atoms with E-state index in [0.717, 1.165) is 18.7 Å². The lowest BCUT2D eigenvalue weighted by Gasteiger charge is -2.38. The minimum Gasteiger partial charge on any atom is -0.473 e. The molecule has 2 rings (SSSR count). The lowest BCUT2D eigenvalue weighted by atomic mass is 9.91. The Morgan fingerprint density at radius 1 is 1.47 bits per heavy atom. The maximum Gasteiger partial charge on any atom is 0.239 e. The molecule has 0 amide bonds. The van der Waals surface area contributed by atoms with Crippen LogP contribution in [-0.4, -0.2) is 35.4 Å². The number of hydrogen-bond donors (Lipinski definition) is 2. The van der Waals surface area contributed by atoms with Crippen molar-refractivity contribution in [3.8, 4) is 5.88 Å². The number of hydrogen-bond acceptors (Lipinski definition) is 5. The predicted octanol–water partition coefficient (Wildman–Crippen LogP) is 1.80. The minimum atomic E-state index is 0.0417. The van der Waals surface area contributed by atoms with E-state index in [0.29, 0.717) is 24.2 Å². The van der Waals surface area contributed by atoms with Crippen LogP contribution in [0.25, 0.3) is 0 Å². The summed E-state index contributed by atoms with van der Waals surface area (Å²) in [6.45, 7) is 4.63. The first kappa shape index (κ1) is 13.9. The summed E-state index contributed by atoms with van der Waals surface area (Å²) < 4.78 is 5.62. The number of nitrogens with two attached hydrogens (primary N) is 1. The van der Waals surface area contributed by atoms with Gasteiger partial charge in [-0.2, -0.15) is 4.98 Å². The van der Waals surface area contributed by atoms with Crippen molar-refractivity contribution in [2.24, 2.45) is 0 Å². The number of anilines is 2. The van der Waals surface area contributed by atoms with E-state index in [1.54, 1.807) is 0 Å². The first-order valence-electron chi connectivity index (χ1n) is 6.92. The highest BCUT2D eigenvalue weighted by atomic mass is 16.5. The molecule has 0 spiro atoms. The Bertz CT molecular complexity index is 419. The number of aliphatic hydroxyl groups excluding tert-OH is 1. The monoisotopic (exact) mass is 265 g/mol. The Kier molecular flexibility index (Phi) is 4.47. The molecule has 0 aromatic carbocycles. The molecule has 1 fully saturated rings. The molecule has 1 aromatic heterocycles. The highest BCUT2D eigenvalue weighted by Crippen LogP contribution is 2.31. The van der Waals surface area contributed by atoms with Crippen molar-refractivity contribution >= 4 is 11.5 Å². The number of nitrogens with zero attached hydrogens (tertiary/aromatic N) is 2. The van der Waals surface area contributed by atoms with Crippen molar-refractivity contribution < 1.29 is 9.84 Å². The molecule has 1 heterocycles. The van der Waals surface area contributed by atoms with Crippen LogP contribution >= 0.6 is 0 Å². The fourth-order valence-corrected chi connectivity index (χ4v) is 2.21. The van der Waals surface area contributed by atoms with Crippen LogP contribution in [0, 0.1) is 0 Å². The van der Waals surface area contributed by atoms with E-state index in [4.69, 9.17) is 10.5 Å². The van der Waals surface area contributed by atoms with Crippen molar-refractivity contribution in [1.82, 2.24) is 4.98 Å². The molecular weight excluding hydrogens is 242 g/mol. The number of nitrogen functional groups attached to an aromatic ring is 1. The number of pyridine rings is 1. The Balaban J connectivity index is 2.21. The molecule has 0 bridgehead atoms. The molecule has 106 valence electrons. The van der Waals surface area contributed by atoms with E-state index in [-0.39, 0.29) is 12.7 Å². The third kappa shape index (κ3) is 3.29. The molecule has 5 heteroatoms. The van der Waals surface area contributed by atoms with Crippen LogP contribution in [0.4, 0.5) is 11.5 Å². The molecule has 0 aliphatic heterocycles. The second-order valence-electron chi connectivity index (χ2n) is 5.23. The zero-order valence-electron chi connectivity index (χ0n) is 11.7. The summed E-state index contributed by atoms with van der Waals surface area (Å²) in [4.78, 5) is 6.65. The maximum atomic E-state index is 9.21. The normalized spacial score (nSPS) is 15.4. The molecule has 1 aliphatic rings. The van der Waals surface area contributed by atoms with Crippen LogP contribution in [0.15, 0.2) is 12.1 Å². The molecular formula is C14H23N3O2. The SMILES string of the molecule is CC(C)Oc1nc(N(CCO)C2CCC2)ccc1N. The molecule has 0 unspecified atom stereocenters. The molecule has 1 aliphatic carbocycles. The Hall–Kier alpha value is -1.49. The van der Waals surface area contributed by atoms with Crippen molar-refractivity contribution in [2.75, 3.05) is 23.8 Å². The van der Waals surface area contributed by atoms with Gasteiger partial charge in [-0.05, 0) is 45.2 Å². The zero-order valence-corrected chi connectivity index (χ0v) is 11.7. The van der Waals surface area contributed by atoms with Crippen LogP contribution in [-0.2, 0) is 0 Å². The van der Waals surface area contributed by atoms with Gasteiger partial charge in [-0.15, -0.1) is 0 Å². The summed E-state index contributed by atoms with van der Waals surface area (Å²) in [6, 6.07) is 4.20. The molecule has 3 N–H and O–H groups in total. The van der Waals surface area contributed by atoms with Crippen molar-refractivity contribution in [3.63, 3.8) is 0 Å². The van der Waals surface area contributed by atoms with Gasteiger partial charge in [0.25, 0.3) is 0 Å². The van der Waals surface area contributed by atoms with Gasteiger partial charge < -0.3 is 20.5 Å². The van der Waals surface area contributed by atoms with Gasteiger partial charge in [-0.25, -0.2) is 0 Å². The summed E-state index contributed by atoms with van der Waals surface area (Å²) in [6.07, 6.45) is 3.61. The van der Waals surface area contributed by atoms with Crippen LogP contribution < -0.4 is 15.4 Å². The van der Waals surface area contributed by atoms with Gasteiger partial charge in [-0.1, -0.05) is 0 Å². The second-order valence-corrected chi connectivity index (χ2v) is 5.23. The molecule has 0 atom stereocenters. The Labute approximate surface area is 114 Å². The van der Waals surface area contributed by atoms with Gasteiger partial charge in [0.2, 0.25) is 5.88 Å². The summed E-state index contributed by atoms with van der Waals surface area (Å²) >= 11 is 0. The topological polar surface area (TPSA) is 71.6 Å². The average molecular weight is 265 g/mol. The van der Waals surface area contributed by atoms with Gasteiger partial charge in [0.1, 0.15) is 5.82 Å². The van der Waals surface area contributed by atoms with E-state index in [2.05, 4.69) is 9.88 Å². The lowest BCUT2D eigenvalue weighted by molar-refractivity contribution is 0.233. The van der Waals surface area contributed by atoms with Gasteiger partial charge in [0, 0.05) is 12.6 Å². The van der Waals surface area contributed by atoms with E-state index in [9.17, 15) is 5.11 Å². The number of ether oxygens (including phenoxy) is 1. The van der Waals surface area contributed by atoms with Crippen LogP contribution in [0.2, 0.25) is 0 Å². The third-order valence-corrected chi connectivity index (χ3v) is 3.37. The summed E-state index contributed by atoms with van der Waals surface area (Å²) in [5.41, 5.74) is 6.43. The molecule has 5 nitrogen and oxygen atoms in total. The third-order valence-electron chi connectivity index (χ3n) is 3.37. The zero-order chi connectivity index (χ0) is 13.8. The van der Waals surface area contributed by atoms with Gasteiger partial charge in [0.05, 0.1) is 18.4 Å². The smallest absolute Gasteiger partial charge is 0.239 e. The van der Waals surface area contributed by atoms with Crippen molar-refractivity contribution in [2.45, 2.75) is 45.3 Å². The van der Waals surface area contributed by atoms with E-state index < -0.39 is 0 Å². The Morgan fingerprint density at radius 2 is 2.21 bits per heavy atom. The van der Waals surface area contributed by atoms with E-state index in [1.165, 1.54) is 6.42 Å².